The molecule has 13 heteroatoms. The van der Waals surface area contributed by atoms with Crippen LogP contribution >= 0.6 is 0 Å². The molecule has 0 fully saturated rings. The Balaban J connectivity index is 5.19. The quantitative estimate of drug-likeness (QED) is 0.605. The van der Waals surface area contributed by atoms with Crippen LogP contribution < -0.4 is 0 Å². The summed E-state index contributed by atoms with van der Waals surface area (Å²) < 4.78 is 112. The van der Waals surface area contributed by atoms with E-state index in [1.807, 2.05) is 4.74 Å². The van der Waals surface area contributed by atoms with Gasteiger partial charge in [-0.2, -0.15) is 39.5 Å². The van der Waals surface area contributed by atoms with Crippen molar-refractivity contribution in [3.8, 4) is 0 Å². The van der Waals surface area contributed by atoms with Gasteiger partial charge in [0.25, 0.3) is 0 Å². The summed E-state index contributed by atoms with van der Waals surface area (Å²) in [5, 5.41) is 7.64. The second kappa shape index (κ2) is 5.14. The second-order valence-electron chi connectivity index (χ2n) is 2.59. The molecule has 0 spiro atoms. The SMILES string of the molecule is O=C(O)C(F)(F)OC(F)(F)C(F)(F)OC(F)=C(F)F. The van der Waals surface area contributed by atoms with Gasteiger partial charge in [0, 0.05) is 0 Å². The van der Waals surface area contributed by atoms with Crippen molar-refractivity contribution in [1.29, 1.82) is 0 Å². The van der Waals surface area contributed by atoms with E-state index in [0.717, 1.165) is 0 Å². The lowest BCUT2D eigenvalue weighted by atomic mass is 10.5. The first-order chi connectivity index (χ1) is 8.23. The Hall–Kier alpha value is -1.66. The summed E-state index contributed by atoms with van der Waals surface area (Å²) in [6, 6.07) is -3.48. The molecule has 0 saturated carbocycles. The van der Waals surface area contributed by atoms with Gasteiger partial charge >= 0.3 is 36.4 Å². The number of carboxylic acid groups (broad SMARTS) is 1. The summed E-state index contributed by atoms with van der Waals surface area (Å²) in [4.78, 5) is 9.66. The van der Waals surface area contributed by atoms with Crippen molar-refractivity contribution < 1.29 is 58.9 Å². The van der Waals surface area contributed by atoms with E-state index in [2.05, 4.69) is 4.74 Å². The van der Waals surface area contributed by atoms with E-state index in [1.54, 1.807) is 0 Å². The molecule has 112 valence electrons. The van der Waals surface area contributed by atoms with Crippen LogP contribution in [0.4, 0.5) is 39.5 Å². The minimum absolute atomic E-state index is 1.96. The number of rotatable bonds is 6. The molecule has 0 aromatic heterocycles. The van der Waals surface area contributed by atoms with E-state index in [0.29, 0.717) is 0 Å². The molecule has 0 bridgehead atoms. The van der Waals surface area contributed by atoms with Crippen molar-refractivity contribution in [2.24, 2.45) is 0 Å². The Labute approximate surface area is 96.5 Å². The van der Waals surface area contributed by atoms with Crippen LogP contribution in [0.3, 0.4) is 0 Å². The van der Waals surface area contributed by atoms with Gasteiger partial charge in [-0.05, 0) is 0 Å². The maximum Gasteiger partial charge on any atom is 0.496 e. The molecule has 4 nitrogen and oxygen atoms in total. The maximum absolute atomic E-state index is 12.4. The largest absolute Gasteiger partial charge is 0.496 e. The van der Waals surface area contributed by atoms with E-state index >= 15 is 0 Å². The van der Waals surface area contributed by atoms with Crippen LogP contribution in [0.2, 0.25) is 0 Å². The fraction of sp³-hybridized carbons (Fsp3) is 0.500. The molecule has 0 heterocycles. The fourth-order valence-electron chi connectivity index (χ4n) is 0.475. The average Bonchev–Trinajstić information content (AvgIpc) is 2.14. The van der Waals surface area contributed by atoms with Gasteiger partial charge in [-0.25, -0.2) is 9.53 Å². The van der Waals surface area contributed by atoms with Gasteiger partial charge in [0.05, 0.1) is 0 Å². The summed E-state index contributed by atoms with van der Waals surface area (Å²) in [6.07, 6.45) is -22.1. The molecule has 19 heavy (non-hydrogen) atoms. The van der Waals surface area contributed by atoms with Gasteiger partial charge in [0.15, 0.2) is 0 Å². The highest BCUT2D eigenvalue weighted by atomic mass is 19.3. The molecule has 0 unspecified atom stereocenters. The van der Waals surface area contributed by atoms with Gasteiger partial charge in [-0.15, -0.1) is 0 Å². The molecule has 1 N–H and O–H groups in total. The van der Waals surface area contributed by atoms with Crippen molar-refractivity contribution in [2.45, 2.75) is 18.3 Å². The average molecular weight is 308 g/mol. The molecular formula is C6HF9O4. The number of hydrogen-bond donors (Lipinski definition) is 1. The van der Waals surface area contributed by atoms with Crippen LogP contribution in [0.25, 0.3) is 0 Å². The van der Waals surface area contributed by atoms with E-state index in [-0.39, 0.29) is 0 Å². The lowest BCUT2D eigenvalue weighted by molar-refractivity contribution is -0.470. The van der Waals surface area contributed by atoms with E-state index < -0.39 is 36.4 Å². The number of carbonyl (C=O) groups is 1. The molecule has 0 aromatic rings. The summed E-state index contributed by atoms with van der Waals surface area (Å²) >= 11 is 0. The predicted molar refractivity (Wildman–Crippen MR) is 35.0 cm³/mol. The van der Waals surface area contributed by atoms with Crippen LogP contribution in [0.15, 0.2) is 12.1 Å². The van der Waals surface area contributed by atoms with Crippen LogP contribution in [-0.4, -0.2) is 29.4 Å². The molecule has 0 aliphatic rings. The molecule has 0 aliphatic heterocycles. The van der Waals surface area contributed by atoms with Gasteiger partial charge < -0.3 is 9.84 Å². The third-order valence-electron chi connectivity index (χ3n) is 1.21. The number of aliphatic carboxylic acids is 1. The molecule has 0 rings (SSSR count). The van der Waals surface area contributed by atoms with E-state index in [4.69, 9.17) is 5.11 Å². The zero-order valence-corrected chi connectivity index (χ0v) is 8.07. The first-order valence-corrected chi connectivity index (χ1v) is 3.70. The van der Waals surface area contributed by atoms with Crippen LogP contribution in [0, 0.1) is 0 Å². The van der Waals surface area contributed by atoms with Crippen molar-refractivity contribution in [2.75, 3.05) is 0 Å². The van der Waals surface area contributed by atoms with Crippen LogP contribution in [0.5, 0.6) is 0 Å². The lowest BCUT2D eigenvalue weighted by Gasteiger charge is -2.26. The van der Waals surface area contributed by atoms with Gasteiger partial charge in [-0.1, -0.05) is 0 Å². The van der Waals surface area contributed by atoms with Crippen molar-refractivity contribution in [3.05, 3.63) is 12.1 Å². The first kappa shape index (κ1) is 17.3. The fourth-order valence-corrected chi connectivity index (χ4v) is 0.475. The predicted octanol–water partition coefficient (Wildman–Crippen LogP) is 2.92. The summed E-state index contributed by atoms with van der Waals surface area (Å²) in [5.41, 5.74) is 0. The van der Waals surface area contributed by atoms with Crippen LogP contribution in [0.1, 0.15) is 0 Å². The first-order valence-electron chi connectivity index (χ1n) is 3.70. The van der Waals surface area contributed by atoms with Crippen molar-refractivity contribution in [3.63, 3.8) is 0 Å². The third kappa shape index (κ3) is 4.18. The monoisotopic (exact) mass is 308 g/mol. The Bertz CT molecular complexity index is 386. The normalized spacial score (nSPS) is 13.1. The molecule has 0 atom stereocenters. The number of carboxylic acids is 1. The smallest absolute Gasteiger partial charge is 0.475 e. The highest BCUT2D eigenvalue weighted by Gasteiger charge is 2.67. The number of hydrogen-bond acceptors (Lipinski definition) is 3. The number of alkyl halides is 6. The molecular weight excluding hydrogens is 307 g/mol. The highest BCUT2D eigenvalue weighted by Crippen LogP contribution is 2.42. The zero-order valence-electron chi connectivity index (χ0n) is 8.07. The topological polar surface area (TPSA) is 55.8 Å². The Kier molecular flexibility index (Phi) is 4.69. The number of ether oxygens (including phenoxy) is 2. The summed E-state index contributed by atoms with van der Waals surface area (Å²) in [7, 11) is 0. The van der Waals surface area contributed by atoms with Crippen molar-refractivity contribution in [1.82, 2.24) is 0 Å². The zero-order chi connectivity index (χ0) is 15.6. The highest BCUT2D eigenvalue weighted by molar-refractivity contribution is 5.73. The summed E-state index contributed by atoms with van der Waals surface area (Å²) in [5.74, 6) is -3.38. The minimum atomic E-state index is -6.42. The molecule has 0 aromatic carbocycles. The van der Waals surface area contributed by atoms with Crippen molar-refractivity contribution >= 4 is 5.97 Å². The summed E-state index contributed by atoms with van der Waals surface area (Å²) in [6.45, 7) is 0. The Morgan fingerprint density at radius 1 is 0.895 bits per heavy atom. The second-order valence-corrected chi connectivity index (χ2v) is 2.59. The Morgan fingerprint density at radius 3 is 1.63 bits per heavy atom. The number of halogens is 9. The maximum atomic E-state index is 12.4. The van der Waals surface area contributed by atoms with E-state index in [9.17, 15) is 44.3 Å². The molecule has 0 saturated heterocycles. The lowest BCUT2D eigenvalue weighted by Crippen LogP contribution is -2.50. The van der Waals surface area contributed by atoms with E-state index in [1.165, 1.54) is 0 Å². The van der Waals surface area contributed by atoms with Gasteiger partial charge in [-0.3, -0.25) is 0 Å². The minimum Gasteiger partial charge on any atom is -0.475 e. The molecule has 0 amide bonds. The van der Waals surface area contributed by atoms with Gasteiger partial charge in [0.1, 0.15) is 0 Å². The molecule has 0 radical (unpaired) electrons. The van der Waals surface area contributed by atoms with Gasteiger partial charge in [0.2, 0.25) is 0 Å². The Morgan fingerprint density at radius 2 is 1.32 bits per heavy atom. The third-order valence-corrected chi connectivity index (χ3v) is 1.21. The standard InChI is InChI=1S/C6HF9O4/c7-1(8)2(9)18-5(12,13)6(14,15)19-4(10,11)3(16)17/h(H,16,17). The molecule has 0 aliphatic carbocycles. The van der Waals surface area contributed by atoms with Crippen LogP contribution in [-0.2, 0) is 14.3 Å².